The van der Waals surface area contributed by atoms with Crippen LogP contribution in [0.3, 0.4) is 0 Å². The third kappa shape index (κ3) is 4.72. The molecule has 176 valence electrons. The molecule has 35 heavy (non-hydrogen) atoms. The first-order valence-corrected chi connectivity index (χ1v) is 11.8. The summed E-state index contributed by atoms with van der Waals surface area (Å²) < 4.78 is 19.2. The van der Waals surface area contributed by atoms with Gasteiger partial charge in [0.15, 0.2) is 5.11 Å². The average Bonchev–Trinajstić information content (AvgIpc) is 3.32. The van der Waals surface area contributed by atoms with Gasteiger partial charge in [0.25, 0.3) is 5.89 Å². The van der Waals surface area contributed by atoms with Gasteiger partial charge in [0.2, 0.25) is 5.82 Å². The molecule has 7 heteroatoms. The van der Waals surface area contributed by atoms with Gasteiger partial charge in [-0.15, -0.1) is 0 Å². The smallest absolute Gasteiger partial charge is 0.258 e. The maximum atomic E-state index is 13.4. The molecular weight excluding hydrogens is 459 g/mol. The van der Waals surface area contributed by atoms with Gasteiger partial charge in [0.05, 0.1) is 11.6 Å². The Morgan fingerprint density at radius 1 is 0.971 bits per heavy atom. The van der Waals surface area contributed by atoms with Crippen LogP contribution in [0.5, 0.6) is 0 Å². The second-order valence-electron chi connectivity index (χ2n) is 8.80. The lowest BCUT2D eigenvalue weighted by Gasteiger charge is -2.37. The van der Waals surface area contributed by atoms with E-state index in [4.69, 9.17) is 21.7 Å². The topological polar surface area (TPSA) is 54.2 Å². The van der Waals surface area contributed by atoms with Gasteiger partial charge in [-0.2, -0.15) is 4.98 Å². The maximum Gasteiger partial charge on any atom is 0.258 e. The summed E-state index contributed by atoms with van der Waals surface area (Å²) in [7, 11) is 0. The fourth-order valence-electron chi connectivity index (χ4n) is 4.30. The number of nitrogens with one attached hydrogen (secondary N) is 1. The first kappa shape index (κ1) is 22.9. The molecule has 1 aliphatic heterocycles. The highest BCUT2D eigenvalue weighted by atomic mass is 32.1. The Hall–Kier alpha value is -3.84. The van der Waals surface area contributed by atoms with Gasteiger partial charge in [-0.25, -0.2) is 4.39 Å². The van der Waals surface area contributed by atoms with E-state index in [2.05, 4.69) is 71.7 Å². The molecule has 1 aromatic heterocycles. The van der Waals surface area contributed by atoms with E-state index in [1.807, 2.05) is 13.0 Å². The quantitative estimate of drug-likeness (QED) is 0.333. The number of aryl methyl sites for hydroxylation is 2. The molecule has 0 radical (unpaired) electrons. The van der Waals surface area contributed by atoms with Crippen LogP contribution in [0.25, 0.3) is 17.0 Å². The normalized spacial score (nSPS) is 15.9. The second-order valence-corrected chi connectivity index (χ2v) is 9.18. The van der Waals surface area contributed by atoms with Gasteiger partial charge < -0.3 is 14.7 Å². The molecule has 3 aromatic carbocycles. The number of allylic oxidation sites excluding steroid dienone is 1. The molecule has 1 aliphatic rings. The maximum absolute atomic E-state index is 13.4. The van der Waals surface area contributed by atoms with Gasteiger partial charge in [-0.05, 0) is 68.4 Å². The zero-order valence-electron chi connectivity index (χ0n) is 19.7. The fourth-order valence-corrected chi connectivity index (χ4v) is 4.62. The van der Waals surface area contributed by atoms with Crippen LogP contribution in [0.1, 0.15) is 41.1 Å². The molecule has 5 rings (SSSR count). The molecule has 0 amide bonds. The van der Waals surface area contributed by atoms with E-state index >= 15 is 0 Å². The molecule has 0 aliphatic carbocycles. The zero-order chi connectivity index (χ0) is 24.5. The Morgan fingerprint density at radius 2 is 1.71 bits per heavy atom. The Kier molecular flexibility index (Phi) is 6.17. The van der Waals surface area contributed by atoms with Crippen molar-refractivity contribution in [2.75, 3.05) is 0 Å². The van der Waals surface area contributed by atoms with Crippen LogP contribution >= 0.6 is 12.2 Å². The number of thiocarbonyl (C=S) groups is 1. The Morgan fingerprint density at radius 3 is 2.43 bits per heavy atom. The summed E-state index contributed by atoms with van der Waals surface area (Å²) in [5, 5.41) is 8.32. The number of rotatable bonds is 5. The summed E-state index contributed by atoms with van der Waals surface area (Å²) >= 11 is 5.81. The highest BCUT2D eigenvalue weighted by Crippen LogP contribution is 2.38. The SMILES string of the molecule is CC1=C(c2nc(-c3ccc(F)cc3)no2)C(c2ccc(C)cc2)NC(=S)N1Cc1cccc(C)c1. The predicted molar refractivity (Wildman–Crippen MR) is 139 cm³/mol. The number of halogens is 1. The van der Waals surface area contributed by atoms with Crippen LogP contribution in [0.4, 0.5) is 4.39 Å². The van der Waals surface area contributed by atoms with Crippen LogP contribution < -0.4 is 5.32 Å². The van der Waals surface area contributed by atoms with Crippen LogP contribution in [0, 0.1) is 19.7 Å². The van der Waals surface area contributed by atoms with Crippen molar-refractivity contribution in [3.8, 4) is 11.4 Å². The predicted octanol–water partition coefficient (Wildman–Crippen LogP) is 6.36. The largest absolute Gasteiger partial charge is 0.351 e. The molecule has 0 saturated heterocycles. The van der Waals surface area contributed by atoms with E-state index in [1.54, 1.807) is 12.1 Å². The summed E-state index contributed by atoms with van der Waals surface area (Å²) in [6.07, 6.45) is 0. The number of aromatic nitrogens is 2. The summed E-state index contributed by atoms with van der Waals surface area (Å²) in [6, 6.07) is 22.5. The molecule has 1 atom stereocenters. The summed E-state index contributed by atoms with van der Waals surface area (Å²) in [4.78, 5) is 6.75. The van der Waals surface area contributed by atoms with Crippen LogP contribution in [-0.2, 0) is 6.54 Å². The first-order valence-electron chi connectivity index (χ1n) is 11.4. The minimum absolute atomic E-state index is 0.252. The summed E-state index contributed by atoms with van der Waals surface area (Å²) in [5.41, 5.74) is 7.04. The van der Waals surface area contributed by atoms with Gasteiger partial charge >= 0.3 is 0 Å². The second kappa shape index (κ2) is 9.43. The standard InChI is InChI=1S/C28H25FN4OS/c1-17-7-9-21(10-8-17)25-24(27-31-26(32-34-27)22-11-13-23(29)14-12-22)19(3)33(28(35)30-25)16-20-6-4-5-18(2)15-20/h4-15,25H,16H2,1-3H3,(H,30,35). The van der Waals surface area contributed by atoms with Gasteiger partial charge in [0.1, 0.15) is 5.82 Å². The molecule has 0 saturated carbocycles. The summed E-state index contributed by atoms with van der Waals surface area (Å²) in [5.74, 6) is 0.491. The molecule has 0 spiro atoms. The van der Waals surface area contributed by atoms with Gasteiger partial charge in [-0.1, -0.05) is 64.8 Å². The zero-order valence-corrected chi connectivity index (χ0v) is 20.6. The molecule has 1 N–H and O–H groups in total. The average molecular weight is 485 g/mol. The Bertz CT molecular complexity index is 1410. The molecule has 2 heterocycles. The number of nitrogens with zero attached hydrogens (tertiary/aromatic N) is 3. The van der Waals surface area contributed by atoms with Gasteiger partial charge in [0, 0.05) is 17.8 Å². The Balaban J connectivity index is 1.59. The lowest BCUT2D eigenvalue weighted by Crippen LogP contribution is -2.45. The monoisotopic (exact) mass is 484 g/mol. The highest BCUT2D eigenvalue weighted by molar-refractivity contribution is 7.80. The lowest BCUT2D eigenvalue weighted by atomic mass is 9.94. The van der Waals surface area contributed by atoms with Crippen molar-refractivity contribution in [2.45, 2.75) is 33.4 Å². The molecule has 1 unspecified atom stereocenters. The van der Waals surface area contributed by atoms with E-state index in [0.717, 1.165) is 22.4 Å². The van der Waals surface area contributed by atoms with Crippen molar-refractivity contribution >= 4 is 22.9 Å². The third-order valence-corrected chi connectivity index (χ3v) is 6.53. The molecular formula is C28H25FN4OS. The van der Waals surface area contributed by atoms with Crippen molar-refractivity contribution in [3.63, 3.8) is 0 Å². The van der Waals surface area contributed by atoms with Crippen LogP contribution in [0.15, 0.2) is 83.0 Å². The molecule has 0 bridgehead atoms. The first-order chi connectivity index (χ1) is 16.9. The minimum atomic E-state index is -0.313. The third-order valence-electron chi connectivity index (χ3n) is 6.19. The summed E-state index contributed by atoms with van der Waals surface area (Å²) in [6.45, 7) is 6.78. The minimum Gasteiger partial charge on any atom is -0.351 e. The molecule has 0 fully saturated rings. The highest BCUT2D eigenvalue weighted by Gasteiger charge is 2.34. The van der Waals surface area contributed by atoms with E-state index in [1.165, 1.54) is 23.3 Å². The van der Waals surface area contributed by atoms with E-state index in [9.17, 15) is 4.39 Å². The number of hydrogen-bond donors (Lipinski definition) is 1. The molecule has 5 nitrogen and oxygen atoms in total. The van der Waals surface area contributed by atoms with Crippen molar-refractivity contribution in [3.05, 3.63) is 112 Å². The van der Waals surface area contributed by atoms with Crippen molar-refractivity contribution in [1.29, 1.82) is 0 Å². The number of benzene rings is 3. The van der Waals surface area contributed by atoms with Crippen molar-refractivity contribution < 1.29 is 8.91 Å². The van der Waals surface area contributed by atoms with Crippen molar-refractivity contribution in [2.24, 2.45) is 0 Å². The van der Waals surface area contributed by atoms with Crippen LogP contribution in [0.2, 0.25) is 0 Å². The van der Waals surface area contributed by atoms with Crippen molar-refractivity contribution in [1.82, 2.24) is 20.4 Å². The van der Waals surface area contributed by atoms with Gasteiger partial charge in [-0.3, -0.25) is 0 Å². The van der Waals surface area contributed by atoms with E-state index in [-0.39, 0.29) is 11.9 Å². The van der Waals surface area contributed by atoms with E-state index < -0.39 is 0 Å². The van der Waals surface area contributed by atoms with Crippen LogP contribution in [-0.4, -0.2) is 20.2 Å². The lowest BCUT2D eigenvalue weighted by molar-refractivity contribution is 0.396. The number of hydrogen-bond acceptors (Lipinski definition) is 4. The Labute approximate surface area is 209 Å². The fraction of sp³-hybridized carbons (Fsp3) is 0.179. The van der Waals surface area contributed by atoms with E-state index in [0.29, 0.717) is 28.9 Å². The molecule has 4 aromatic rings.